The highest BCUT2D eigenvalue weighted by atomic mass is 16.5. The van der Waals surface area contributed by atoms with Crippen molar-refractivity contribution < 1.29 is 14.3 Å². The van der Waals surface area contributed by atoms with E-state index in [4.69, 9.17) is 9.47 Å². The highest BCUT2D eigenvalue weighted by Crippen LogP contribution is 2.29. The molecular formula is C20H25N3O3. The number of methoxy groups -OCH3 is 2. The Kier molecular flexibility index (Phi) is 5.61. The maximum atomic E-state index is 12.7. The molecule has 1 N–H and O–H groups in total. The van der Waals surface area contributed by atoms with Crippen molar-refractivity contribution in [2.45, 2.75) is 19.8 Å². The van der Waals surface area contributed by atoms with Gasteiger partial charge in [0.2, 0.25) is 0 Å². The van der Waals surface area contributed by atoms with Crippen LogP contribution in [0.3, 0.4) is 0 Å². The van der Waals surface area contributed by atoms with Crippen LogP contribution in [0.5, 0.6) is 11.5 Å². The quantitative estimate of drug-likeness (QED) is 0.888. The van der Waals surface area contributed by atoms with Gasteiger partial charge in [-0.1, -0.05) is 6.92 Å². The van der Waals surface area contributed by atoms with Crippen LogP contribution in [0, 0.1) is 5.92 Å². The molecule has 0 aliphatic carbocycles. The molecule has 1 aromatic carbocycles. The van der Waals surface area contributed by atoms with Gasteiger partial charge in [0, 0.05) is 25.4 Å². The van der Waals surface area contributed by atoms with Gasteiger partial charge in [-0.2, -0.15) is 0 Å². The molecule has 1 saturated heterocycles. The van der Waals surface area contributed by atoms with E-state index in [0.29, 0.717) is 22.7 Å². The van der Waals surface area contributed by atoms with Crippen LogP contribution >= 0.6 is 0 Å². The lowest BCUT2D eigenvalue weighted by Crippen LogP contribution is -2.33. The Morgan fingerprint density at radius 2 is 1.92 bits per heavy atom. The number of nitrogens with one attached hydrogen (secondary N) is 1. The van der Waals surface area contributed by atoms with Crippen LogP contribution in [0.4, 0.5) is 11.4 Å². The number of hydrogen-bond donors (Lipinski definition) is 1. The number of anilines is 2. The second-order valence-electron chi connectivity index (χ2n) is 6.62. The number of carbonyl (C=O) groups is 1. The predicted octanol–water partition coefficient (Wildman–Crippen LogP) is 3.59. The molecule has 138 valence electrons. The summed E-state index contributed by atoms with van der Waals surface area (Å²) in [5.74, 6) is 1.76. The van der Waals surface area contributed by atoms with Gasteiger partial charge >= 0.3 is 0 Å². The molecular weight excluding hydrogens is 330 g/mol. The molecule has 0 atom stereocenters. The number of aromatic nitrogens is 1. The van der Waals surface area contributed by atoms with E-state index in [-0.39, 0.29) is 5.91 Å². The van der Waals surface area contributed by atoms with Gasteiger partial charge in [-0.25, -0.2) is 0 Å². The molecule has 1 aromatic heterocycles. The van der Waals surface area contributed by atoms with Crippen molar-refractivity contribution in [2.75, 3.05) is 37.5 Å². The summed E-state index contributed by atoms with van der Waals surface area (Å²) in [6.45, 7) is 4.27. The van der Waals surface area contributed by atoms with Crippen molar-refractivity contribution in [1.29, 1.82) is 0 Å². The average Bonchev–Trinajstić information content (AvgIpc) is 2.68. The Morgan fingerprint density at radius 3 is 2.62 bits per heavy atom. The molecule has 6 nitrogen and oxygen atoms in total. The van der Waals surface area contributed by atoms with Gasteiger partial charge in [0.15, 0.2) is 0 Å². The summed E-state index contributed by atoms with van der Waals surface area (Å²) < 4.78 is 10.5. The van der Waals surface area contributed by atoms with E-state index in [2.05, 4.69) is 22.1 Å². The second-order valence-corrected chi connectivity index (χ2v) is 6.62. The SMILES string of the molecule is COc1ccc(OC)c(NC(=O)c2cncc(N3CCC(C)CC3)c2)c1. The highest BCUT2D eigenvalue weighted by molar-refractivity contribution is 6.05. The Balaban J connectivity index is 1.77. The van der Waals surface area contributed by atoms with E-state index >= 15 is 0 Å². The van der Waals surface area contributed by atoms with Crippen molar-refractivity contribution in [3.05, 3.63) is 42.2 Å². The lowest BCUT2D eigenvalue weighted by molar-refractivity contribution is 0.102. The third-order valence-corrected chi connectivity index (χ3v) is 4.79. The van der Waals surface area contributed by atoms with E-state index < -0.39 is 0 Å². The molecule has 0 radical (unpaired) electrons. The fourth-order valence-electron chi connectivity index (χ4n) is 3.10. The lowest BCUT2D eigenvalue weighted by atomic mass is 9.99. The zero-order valence-electron chi connectivity index (χ0n) is 15.5. The Hall–Kier alpha value is -2.76. The minimum Gasteiger partial charge on any atom is -0.497 e. The van der Waals surface area contributed by atoms with Crippen LogP contribution in [0.15, 0.2) is 36.7 Å². The maximum absolute atomic E-state index is 12.7. The van der Waals surface area contributed by atoms with E-state index in [1.165, 1.54) is 0 Å². The summed E-state index contributed by atoms with van der Waals surface area (Å²) in [7, 11) is 3.15. The molecule has 26 heavy (non-hydrogen) atoms. The molecule has 0 bridgehead atoms. The molecule has 1 amide bonds. The van der Waals surface area contributed by atoms with Crippen molar-refractivity contribution >= 4 is 17.3 Å². The first-order chi connectivity index (χ1) is 12.6. The zero-order chi connectivity index (χ0) is 18.5. The fourth-order valence-corrected chi connectivity index (χ4v) is 3.10. The summed E-state index contributed by atoms with van der Waals surface area (Å²) in [6.07, 6.45) is 5.73. The number of carbonyl (C=O) groups excluding carboxylic acids is 1. The average molecular weight is 355 g/mol. The summed E-state index contributed by atoms with van der Waals surface area (Å²) in [4.78, 5) is 19.2. The number of nitrogens with zero attached hydrogens (tertiary/aromatic N) is 2. The normalized spacial score (nSPS) is 14.8. The second kappa shape index (κ2) is 8.08. The minimum atomic E-state index is -0.226. The summed E-state index contributed by atoms with van der Waals surface area (Å²) in [5.41, 5.74) is 2.07. The smallest absolute Gasteiger partial charge is 0.257 e. The van der Waals surface area contributed by atoms with E-state index in [9.17, 15) is 4.79 Å². The molecule has 6 heteroatoms. The van der Waals surface area contributed by atoms with Gasteiger partial charge in [0.25, 0.3) is 5.91 Å². The third kappa shape index (κ3) is 4.07. The minimum absolute atomic E-state index is 0.226. The van der Waals surface area contributed by atoms with Crippen molar-refractivity contribution in [3.8, 4) is 11.5 Å². The first-order valence-corrected chi connectivity index (χ1v) is 8.84. The molecule has 0 saturated carbocycles. The molecule has 1 aliphatic rings. The zero-order valence-corrected chi connectivity index (χ0v) is 15.5. The molecule has 1 aliphatic heterocycles. The number of ether oxygens (including phenoxy) is 2. The molecule has 0 unspecified atom stereocenters. The number of pyridine rings is 1. The van der Waals surface area contributed by atoms with Crippen molar-refractivity contribution in [1.82, 2.24) is 4.98 Å². The number of benzene rings is 1. The van der Waals surface area contributed by atoms with Crippen LogP contribution in [-0.4, -0.2) is 38.2 Å². The topological polar surface area (TPSA) is 63.7 Å². The summed E-state index contributed by atoms with van der Waals surface area (Å²) >= 11 is 0. The number of amides is 1. The summed E-state index contributed by atoms with van der Waals surface area (Å²) in [5, 5.41) is 2.89. The monoisotopic (exact) mass is 355 g/mol. The van der Waals surface area contributed by atoms with Gasteiger partial charge in [-0.05, 0) is 37.0 Å². The van der Waals surface area contributed by atoms with E-state index in [0.717, 1.165) is 37.5 Å². The van der Waals surface area contributed by atoms with Crippen LogP contribution in [0.2, 0.25) is 0 Å². The third-order valence-electron chi connectivity index (χ3n) is 4.79. The fraction of sp³-hybridized carbons (Fsp3) is 0.400. The van der Waals surface area contributed by atoms with Crippen molar-refractivity contribution in [3.63, 3.8) is 0 Å². The van der Waals surface area contributed by atoms with Crippen LogP contribution in [0.25, 0.3) is 0 Å². The summed E-state index contributed by atoms with van der Waals surface area (Å²) in [6, 6.07) is 7.18. The van der Waals surface area contributed by atoms with Gasteiger partial charge in [-0.15, -0.1) is 0 Å². The molecule has 1 fully saturated rings. The van der Waals surface area contributed by atoms with Gasteiger partial charge < -0.3 is 19.7 Å². The maximum Gasteiger partial charge on any atom is 0.257 e. The Labute approximate surface area is 154 Å². The molecule has 3 rings (SSSR count). The van der Waals surface area contributed by atoms with Crippen LogP contribution in [0.1, 0.15) is 30.1 Å². The Morgan fingerprint density at radius 1 is 1.15 bits per heavy atom. The number of rotatable bonds is 5. The predicted molar refractivity (Wildman–Crippen MR) is 102 cm³/mol. The van der Waals surface area contributed by atoms with Gasteiger partial charge in [0.1, 0.15) is 11.5 Å². The van der Waals surface area contributed by atoms with Crippen molar-refractivity contribution in [2.24, 2.45) is 5.92 Å². The lowest BCUT2D eigenvalue weighted by Gasteiger charge is -2.32. The largest absolute Gasteiger partial charge is 0.497 e. The molecule has 2 aromatic rings. The van der Waals surface area contributed by atoms with Crippen LogP contribution in [-0.2, 0) is 0 Å². The van der Waals surface area contributed by atoms with Crippen LogP contribution < -0.4 is 19.7 Å². The first kappa shape index (κ1) is 18.0. The Bertz CT molecular complexity index is 771. The van der Waals surface area contributed by atoms with E-state index in [1.54, 1.807) is 38.6 Å². The van der Waals surface area contributed by atoms with E-state index in [1.807, 2.05) is 12.3 Å². The molecule has 0 spiro atoms. The number of piperidine rings is 1. The van der Waals surface area contributed by atoms with Gasteiger partial charge in [0.05, 0.1) is 37.4 Å². The standard InChI is InChI=1S/C20H25N3O3/c1-14-6-8-23(9-7-14)16-10-15(12-21-13-16)20(24)22-18-11-17(25-2)4-5-19(18)26-3/h4-5,10-14H,6-9H2,1-3H3,(H,22,24). The highest BCUT2D eigenvalue weighted by Gasteiger charge is 2.18. The first-order valence-electron chi connectivity index (χ1n) is 8.84. The molecule has 2 heterocycles. The van der Waals surface area contributed by atoms with Gasteiger partial charge in [-0.3, -0.25) is 9.78 Å². The number of hydrogen-bond acceptors (Lipinski definition) is 5.